The summed E-state index contributed by atoms with van der Waals surface area (Å²) in [6.45, 7) is 7.32. The number of ether oxygens (including phenoxy) is 1. The molecule has 6 heteroatoms. The molecule has 0 bridgehead atoms. The van der Waals surface area contributed by atoms with Crippen molar-refractivity contribution >= 4 is 6.09 Å². The van der Waals surface area contributed by atoms with Gasteiger partial charge in [0.2, 0.25) is 0 Å². The molecule has 6 nitrogen and oxygen atoms in total. The van der Waals surface area contributed by atoms with Crippen LogP contribution in [-0.2, 0) is 17.3 Å². The smallest absolute Gasteiger partial charge is 0.408 e. The summed E-state index contributed by atoms with van der Waals surface area (Å²) in [7, 11) is 1.90. The minimum Gasteiger partial charge on any atom is -0.444 e. The zero-order valence-corrected chi connectivity index (χ0v) is 12.7. The van der Waals surface area contributed by atoms with E-state index >= 15 is 0 Å². The Kier molecular flexibility index (Phi) is 4.04. The fraction of sp³-hybridized carbons (Fsp3) is 0.714. The van der Waals surface area contributed by atoms with Crippen molar-refractivity contribution in [3.05, 3.63) is 18.0 Å². The lowest BCUT2D eigenvalue weighted by molar-refractivity contribution is 0.0419. The predicted molar refractivity (Wildman–Crippen MR) is 76.4 cm³/mol. The van der Waals surface area contributed by atoms with Gasteiger partial charge in [0.05, 0.1) is 11.2 Å². The number of hydrogen-bond donors (Lipinski definition) is 2. The SMILES string of the molecule is Cn1nccc1C1(NC(=O)OC(C)(C)C)CCNCC1. The lowest BCUT2D eigenvalue weighted by Gasteiger charge is -2.38. The number of aryl methyl sites for hydroxylation is 1. The molecule has 0 unspecified atom stereocenters. The molecule has 0 atom stereocenters. The van der Waals surface area contributed by atoms with Crippen molar-refractivity contribution < 1.29 is 9.53 Å². The van der Waals surface area contributed by atoms with E-state index in [0.717, 1.165) is 31.6 Å². The number of piperidine rings is 1. The van der Waals surface area contributed by atoms with Crippen molar-refractivity contribution in [2.75, 3.05) is 13.1 Å². The Morgan fingerprint density at radius 3 is 2.60 bits per heavy atom. The van der Waals surface area contributed by atoms with E-state index in [1.807, 2.05) is 38.6 Å². The lowest BCUT2D eigenvalue weighted by atomic mass is 9.85. The van der Waals surface area contributed by atoms with Crippen molar-refractivity contribution in [2.45, 2.75) is 44.8 Å². The molecule has 1 amide bonds. The van der Waals surface area contributed by atoms with Crippen LogP contribution in [0.25, 0.3) is 0 Å². The average Bonchev–Trinajstić information content (AvgIpc) is 2.74. The molecule has 112 valence electrons. The van der Waals surface area contributed by atoms with Crippen molar-refractivity contribution in [3.63, 3.8) is 0 Å². The Morgan fingerprint density at radius 1 is 1.45 bits per heavy atom. The minimum absolute atomic E-state index is 0.374. The van der Waals surface area contributed by atoms with E-state index < -0.39 is 11.1 Å². The molecule has 20 heavy (non-hydrogen) atoms. The van der Waals surface area contributed by atoms with E-state index in [4.69, 9.17) is 4.74 Å². The molecule has 1 fully saturated rings. The molecule has 2 N–H and O–H groups in total. The second kappa shape index (κ2) is 5.44. The molecule has 0 aliphatic carbocycles. The van der Waals surface area contributed by atoms with E-state index in [9.17, 15) is 4.79 Å². The monoisotopic (exact) mass is 280 g/mol. The van der Waals surface area contributed by atoms with Gasteiger partial charge in [-0.05, 0) is 52.8 Å². The molecule has 2 rings (SSSR count). The maximum atomic E-state index is 12.2. The van der Waals surface area contributed by atoms with Gasteiger partial charge in [0.15, 0.2) is 0 Å². The molecule has 0 radical (unpaired) electrons. The van der Waals surface area contributed by atoms with Gasteiger partial charge in [0.1, 0.15) is 5.60 Å². The molecule has 0 spiro atoms. The molecule has 1 aliphatic heterocycles. The first-order valence-corrected chi connectivity index (χ1v) is 7.03. The largest absolute Gasteiger partial charge is 0.444 e. The first kappa shape index (κ1) is 14.8. The highest BCUT2D eigenvalue weighted by Gasteiger charge is 2.38. The summed E-state index contributed by atoms with van der Waals surface area (Å²) >= 11 is 0. The topological polar surface area (TPSA) is 68.2 Å². The van der Waals surface area contributed by atoms with Crippen LogP contribution in [0, 0.1) is 0 Å². The van der Waals surface area contributed by atoms with Gasteiger partial charge in [-0.3, -0.25) is 4.68 Å². The molecular formula is C14H24N4O2. The fourth-order valence-corrected chi connectivity index (χ4v) is 2.64. The number of carbonyl (C=O) groups is 1. The summed E-state index contributed by atoms with van der Waals surface area (Å²) in [5.41, 5.74) is 0.119. The molecule has 1 aliphatic rings. The molecule has 1 aromatic heterocycles. The van der Waals surface area contributed by atoms with Crippen molar-refractivity contribution in [1.82, 2.24) is 20.4 Å². The highest BCUT2D eigenvalue weighted by atomic mass is 16.6. The number of nitrogens with zero attached hydrogens (tertiary/aromatic N) is 2. The number of carbonyl (C=O) groups excluding carboxylic acids is 1. The van der Waals surface area contributed by atoms with Crippen LogP contribution in [0.5, 0.6) is 0 Å². The normalized spacial score (nSPS) is 18.6. The van der Waals surface area contributed by atoms with Crippen LogP contribution in [0.15, 0.2) is 12.3 Å². The first-order chi connectivity index (χ1) is 9.32. The number of nitrogens with one attached hydrogen (secondary N) is 2. The van der Waals surface area contributed by atoms with Crippen LogP contribution in [0.4, 0.5) is 4.79 Å². The maximum Gasteiger partial charge on any atom is 0.408 e. The average molecular weight is 280 g/mol. The van der Waals surface area contributed by atoms with Gasteiger partial charge < -0.3 is 15.4 Å². The third-order valence-corrected chi connectivity index (χ3v) is 3.51. The Hall–Kier alpha value is -1.56. The highest BCUT2D eigenvalue weighted by Crippen LogP contribution is 2.30. The van der Waals surface area contributed by atoms with Gasteiger partial charge >= 0.3 is 6.09 Å². The Labute approximate surface area is 119 Å². The van der Waals surface area contributed by atoms with Gasteiger partial charge in [-0.15, -0.1) is 0 Å². The Morgan fingerprint density at radius 2 is 2.10 bits per heavy atom. The second-order valence-electron chi connectivity index (χ2n) is 6.30. The maximum absolute atomic E-state index is 12.2. The van der Waals surface area contributed by atoms with Crippen LogP contribution < -0.4 is 10.6 Å². The van der Waals surface area contributed by atoms with Gasteiger partial charge in [-0.25, -0.2) is 4.79 Å². The molecule has 1 saturated heterocycles. The van der Waals surface area contributed by atoms with Crippen LogP contribution in [0.1, 0.15) is 39.3 Å². The van der Waals surface area contributed by atoms with E-state index in [0.29, 0.717) is 0 Å². The molecule has 0 saturated carbocycles. The van der Waals surface area contributed by atoms with Gasteiger partial charge in [-0.2, -0.15) is 5.10 Å². The molecule has 0 aromatic carbocycles. The highest BCUT2D eigenvalue weighted by molar-refractivity contribution is 5.69. The van der Waals surface area contributed by atoms with E-state index in [1.54, 1.807) is 6.20 Å². The van der Waals surface area contributed by atoms with E-state index in [-0.39, 0.29) is 6.09 Å². The number of rotatable bonds is 2. The Balaban J connectivity index is 2.20. The number of amides is 1. The van der Waals surface area contributed by atoms with Gasteiger partial charge in [-0.1, -0.05) is 0 Å². The standard InChI is InChI=1S/C14H24N4O2/c1-13(2,3)20-12(19)17-14(6-9-15-10-7-14)11-5-8-16-18(11)4/h5,8,15H,6-7,9-10H2,1-4H3,(H,17,19). The summed E-state index contributed by atoms with van der Waals surface area (Å²) < 4.78 is 7.23. The summed E-state index contributed by atoms with van der Waals surface area (Å²) in [5, 5.41) is 10.6. The van der Waals surface area contributed by atoms with Crippen molar-refractivity contribution in [2.24, 2.45) is 7.05 Å². The first-order valence-electron chi connectivity index (χ1n) is 7.03. The molecular weight excluding hydrogens is 256 g/mol. The van der Waals surface area contributed by atoms with Gasteiger partial charge in [0, 0.05) is 13.2 Å². The second-order valence-corrected chi connectivity index (χ2v) is 6.30. The molecule has 1 aromatic rings. The van der Waals surface area contributed by atoms with Crippen molar-refractivity contribution in [1.29, 1.82) is 0 Å². The van der Waals surface area contributed by atoms with Gasteiger partial charge in [0.25, 0.3) is 0 Å². The number of alkyl carbamates (subject to hydrolysis) is 1. The number of hydrogen-bond acceptors (Lipinski definition) is 4. The van der Waals surface area contributed by atoms with Crippen LogP contribution in [0.2, 0.25) is 0 Å². The zero-order chi connectivity index (χ0) is 14.8. The fourth-order valence-electron chi connectivity index (χ4n) is 2.64. The molecule has 2 heterocycles. The predicted octanol–water partition coefficient (Wildman–Crippen LogP) is 1.52. The van der Waals surface area contributed by atoms with E-state index in [1.165, 1.54) is 0 Å². The van der Waals surface area contributed by atoms with Crippen LogP contribution in [0.3, 0.4) is 0 Å². The zero-order valence-electron chi connectivity index (χ0n) is 12.7. The Bertz CT molecular complexity index is 470. The van der Waals surface area contributed by atoms with Crippen molar-refractivity contribution in [3.8, 4) is 0 Å². The summed E-state index contributed by atoms with van der Waals surface area (Å²) in [5.74, 6) is 0. The minimum atomic E-state index is -0.495. The quantitative estimate of drug-likeness (QED) is 0.862. The van der Waals surface area contributed by atoms with Crippen LogP contribution >= 0.6 is 0 Å². The summed E-state index contributed by atoms with van der Waals surface area (Å²) in [4.78, 5) is 12.2. The third kappa shape index (κ3) is 3.30. The third-order valence-electron chi connectivity index (χ3n) is 3.51. The number of aromatic nitrogens is 2. The van der Waals surface area contributed by atoms with Crippen LogP contribution in [-0.4, -0.2) is 34.6 Å². The summed E-state index contributed by atoms with van der Waals surface area (Å²) in [6.07, 6.45) is 3.04. The lowest BCUT2D eigenvalue weighted by Crippen LogP contribution is -2.54. The summed E-state index contributed by atoms with van der Waals surface area (Å²) in [6, 6.07) is 1.96. The van der Waals surface area contributed by atoms with E-state index in [2.05, 4.69) is 15.7 Å².